The van der Waals surface area contributed by atoms with Crippen LogP contribution in [-0.4, -0.2) is 16.0 Å². The number of nitro groups is 1. The van der Waals surface area contributed by atoms with Crippen LogP contribution >= 0.6 is 11.6 Å². The summed E-state index contributed by atoms with van der Waals surface area (Å²) in [7, 11) is 0. The van der Waals surface area contributed by atoms with Gasteiger partial charge in [-0.25, -0.2) is 4.79 Å². The molecule has 2 aromatic carbocycles. The van der Waals surface area contributed by atoms with Gasteiger partial charge in [-0.05, 0) is 42.2 Å². The van der Waals surface area contributed by atoms with Crippen LogP contribution in [0.5, 0.6) is 0 Å². The van der Waals surface area contributed by atoms with E-state index in [1.165, 1.54) is 12.1 Å². The molecule has 6 nitrogen and oxygen atoms in total. The van der Waals surface area contributed by atoms with Gasteiger partial charge in [-0.2, -0.15) is 0 Å². The number of fused-ring (bicyclic) bond motifs is 3. The van der Waals surface area contributed by atoms with Gasteiger partial charge in [0.05, 0.1) is 16.5 Å². The lowest BCUT2D eigenvalue weighted by Crippen LogP contribution is -2.29. The Morgan fingerprint density at radius 3 is 2.77 bits per heavy atom. The zero-order valence-electron chi connectivity index (χ0n) is 13.6. The molecule has 1 heterocycles. The van der Waals surface area contributed by atoms with Gasteiger partial charge in [-0.3, -0.25) is 10.1 Å². The molecule has 0 bridgehead atoms. The number of allylic oxidation sites excluding steroid dienone is 2. The lowest BCUT2D eigenvalue weighted by Gasteiger charge is -2.37. The van der Waals surface area contributed by atoms with E-state index in [1.807, 2.05) is 0 Å². The Balaban J connectivity index is 1.80. The van der Waals surface area contributed by atoms with Crippen LogP contribution in [0, 0.1) is 16.0 Å². The van der Waals surface area contributed by atoms with Crippen molar-refractivity contribution in [3.63, 3.8) is 0 Å². The predicted molar refractivity (Wildman–Crippen MR) is 97.9 cm³/mol. The van der Waals surface area contributed by atoms with Crippen molar-refractivity contribution in [2.45, 2.75) is 18.4 Å². The molecule has 0 amide bonds. The smallest absolute Gasteiger partial charge is 0.335 e. The summed E-state index contributed by atoms with van der Waals surface area (Å²) in [5.41, 5.74) is 2.70. The number of nitrogens with zero attached hydrogens (tertiary/aromatic N) is 1. The average molecular weight is 371 g/mol. The van der Waals surface area contributed by atoms with Crippen LogP contribution in [0.1, 0.15) is 39.9 Å². The topological polar surface area (TPSA) is 92.5 Å². The Kier molecular flexibility index (Phi) is 3.92. The number of aromatic carboxylic acids is 1. The minimum Gasteiger partial charge on any atom is -0.478 e. The Morgan fingerprint density at radius 1 is 1.23 bits per heavy atom. The molecular formula is C19H15ClN2O4. The summed E-state index contributed by atoms with van der Waals surface area (Å²) in [6, 6.07) is 9.28. The minimum absolute atomic E-state index is 0.000674. The van der Waals surface area contributed by atoms with Gasteiger partial charge in [-0.1, -0.05) is 23.8 Å². The van der Waals surface area contributed by atoms with E-state index in [1.54, 1.807) is 24.3 Å². The van der Waals surface area contributed by atoms with E-state index in [-0.39, 0.29) is 29.1 Å². The second-order valence-corrected chi connectivity index (χ2v) is 6.95. The molecule has 2 aromatic rings. The van der Waals surface area contributed by atoms with Crippen molar-refractivity contribution >= 4 is 28.9 Å². The Hall–Kier alpha value is -2.86. The van der Waals surface area contributed by atoms with Crippen molar-refractivity contribution in [1.29, 1.82) is 0 Å². The standard InChI is InChI=1S/C19H15ClN2O4/c20-16-6-5-11(22(25)26)9-15(16)18-13-3-1-2-12(13)14-8-10(19(23)24)4-7-17(14)21-18/h1-2,4-9,12-13,18,21H,3H2,(H,23,24)/t12-,13-,18+/m1/s1. The number of non-ortho nitro benzene ring substituents is 1. The van der Waals surface area contributed by atoms with Crippen molar-refractivity contribution in [3.8, 4) is 0 Å². The number of benzene rings is 2. The van der Waals surface area contributed by atoms with E-state index in [0.717, 1.165) is 17.7 Å². The number of nitro benzene ring substituents is 1. The number of rotatable bonds is 3. The molecule has 0 saturated carbocycles. The van der Waals surface area contributed by atoms with E-state index in [4.69, 9.17) is 11.6 Å². The SMILES string of the molecule is O=C(O)c1ccc2c(c1)[C@@H]1C=CC[C@H]1[C@@H](c1cc([N+](=O)[O-])ccc1Cl)N2. The van der Waals surface area contributed by atoms with Gasteiger partial charge in [0.25, 0.3) is 5.69 Å². The molecule has 0 spiro atoms. The van der Waals surface area contributed by atoms with Crippen LogP contribution in [0.2, 0.25) is 5.02 Å². The maximum absolute atomic E-state index is 11.3. The van der Waals surface area contributed by atoms with Crippen LogP contribution in [0.15, 0.2) is 48.6 Å². The molecule has 0 aromatic heterocycles. The van der Waals surface area contributed by atoms with Crippen LogP contribution in [0.4, 0.5) is 11.4 Å². The molecular weight excluding hydrogens is 356 g/mol. The van der Waals surface area contributed by atoms with Crippen molar-refractivity contribution in [3.05, 3.63) is 80.4 Å². The third-order valence-electron chi connectivity index (χ3n) is 5.14. The highest BCUT2D eigenvalue weighted by molar-refractivity contribution is 6.31. The fourth-order valence-electron chi connectivity index (χ4n) is 3.92. The van der Waals surface area contributed by atoms with Crippen LogP contribution in [0.25, 0.3) is 0 Å². The molecule has 7 heteroatoms. The molecule has 1 aliphatic heterocycles. The third-order valence-corrected chi connectivity index (χ3v) is 5.48. The summed E-state index contributed by atoms with van der Waals surface area (Å²) in [4.78, 5) is 22.0. The Morgan fingerprint density at radius 2 is 2.04 bits per heavy atom. The van der Waals surface area contributed by atoms with Gasteiger partial charge < -0.3 is 10.4 Å². The predicted octanol–water partition coefficient (Wildman–Crippen LogP) is 4.77. The summed E-state index contributed by atoms with van der Waals surface area (Å²) in [6.07, 6.45) is 4.93. The number of halogens is 1. The number of nitrogens with one attached hydrogen (secondary N) is 1. The van der Waals surface area contributed by atoms with E-state index >= 15 is 0 Å². The summed E-state index contributed by atoms with van der Waals surface area (Å²) in [5, 5.41) is 24.3. The van der Waals surface area contributed by atoms with Gasteiger partial charge in [-0.15, -0.1) is 0 Å². The first-order chi connectivity index (χ1) is 12.5. The summed E-state index contributed by atoms with van der Waals surface area (Å²) < 4.78 is 0. The largest absolute Gasteiger partial charge is 0.478 e. The van der Waals surface area contributed by atoms with Gasteiger partial charge in [0.2, 0.25) is 0 Å². The highest BCUT2D eigenvalue weighted by Gasteiger charge is 2.39. The maximum atomic E-state index is 11.3. The average Bonchev–Trinajstić information content (AvgIpc) is 3.11. The van der Waals surface area contributed by atoms with Crippen LogP contribution in [-0.2, 0) is 0 Å². The first-order valence-corrected chi connectivity index (χ1v) is 8.58. The Bertz CT molecular complexity index is 957. The molecule has 26 heavy (non-hydrogen) atoms. The van der Waals surface area contributed by atoms with Crippen molar-refractivity contribution < 1.29 is 14.8 Å². The second-order valence-electron chi connectivity index (χ2n) is 6.55. The first kappa shape index (κ1) is 16.6. The molecule has 0 radical (unpaired) electrons. The van der Waals surface area contributed by atoms with E-state index in [9.17, 15) is 20.0 Å². The number of anilines is 1. The second kappa shape index (κ2) is 6.14. The highest BCUT2D eigenvalue weighted by atomic mass is 35.5. The quantitative estimate of drug-likeness (QED) is 0.461. The fourth-order valence-corrected chi connectivity index (χ4v) is 4.15. The minimum atomic E-state index is -0.963. The molecule has 0 saturated heterocycles. The summed E-state index contributed by atoms with van der Waals surface area (Å²) >= 11 is 6.36. The van der Waals surface area contributed by atoms with E-state index in [2.05, 4.69) is 17.5 Å². The molecule has 4 rings (SSSR count). The molecule has 0 fully saturated rings. The molecule has 0 unspecified atom stereocenters. The number of carboxylic acid groups (broad SMARTS) is 1. The molecule has 1 aliphatic carbocycles. The molecule has 132 valence electrons. The van der Waals surface area contributed by atoms with Crippen molar-refractivity contribution in [1.82, 2.24) is 0 Å². The zero-order valence-corrected chi connectivity index (χ0v) is 14.3. The zero-order chi connectivity index (χ0) is 18.4. The normalized spacial score (nSPS) is 23.0. The highest BCUT2D eigenvalue weighted by Crippen LogP contribution is 2.51. The lowest BCUT2D eigenvalue weighted by atomic mass is 9.76. The molecule has 2 N–H and O–H groups in total. The van der Waals surface area contributed by atoms with E-state index < -0.39 is 10.9 Å². The number of carboxylic acids is 1. The molecule has 3 atom stereocenters. The maximum Gasteiger partial charge on any atom is 0.335 e. The monoisotopic (exact) mass is 370 g/mol. The van der Waals surface area contributed by atoms with Gasteiger partial charge in [0.15, 0.2) is 0 Å². The first-order valence-electron chi connectivity index (χ1n) is 8.20. The van der Waals surface area contributed by atoms with Crippen molar-refractivity contribution in [2.24, 2.45) is 5.92 Å². The van der Waals surface area contributed by atoms with Crippen molar-refractivity contribution in [2.75, 3.05) is 5.32 Å². The summed E-state index contributed by atoms with van der Waals surface area (Å²) in [5.74, 6) is -0.799. The van der Waals surface area contributed by atoms with Gasteiger partial charge in [0, 0.05) is 34.3 Å². The van der Waals surface area contributed by atoms with Gasteiger partial charge in [0.1, 0.15) is 0 Å². The number of hydrogen-bond acceptors (Lipinski definition) is 4. The van der Waals surface area contributed by atoms with Crippen LogP contribution < -0.4 is 5.32 Å². The number of hydrogen-bond donors (Lipinski definition) is 2. The number of carbonyl (C=O) groups is 1. The molecule has 2 aliphatic rings. The lowest BCUT2D eigenvalue weighted by molar-refractivity contribution is -0.384. The summed E-state index contributed by atoms with van der Waals surface area (Å²) in [6.45, 7) is 0. The Labute approximate surface area is 154 Å². The third kappa shape index (κ3) is 2.63. The fraction of sp³-hybridized carbons (Fsp3) is 0.211. The van der Waals surface area contributed by atoms with Gasteiger partial charge >= 0.3 is 5.97 Å². The van der Waals surface area contributed by atoms with E-state index in [0.29, 0.717) is 10.6 Å². The van der Waals surface area contributed by atoms with Crippen LogP contribution in [0.3, 0.4) is 0 Å².